The fraction of sp³-hybridized carbons (Fsp3) is 1.00. The lowest BCUT2D eigenvalue weighted by atomic mass is 10.7. The topological polar surface area (TPSA) is 111 Å². The maximum atomic E-state index is 5.71. The second kappa shape index (κ2) is 30.8. The largest absolute Gasteiger partial charge is 0.578 e. The van der Waals surface area contributed by atoms with Crippen LogP contribution in [-0.4, -0.2) is 150 Å². The van der Waals surface area contributed by atoms with Crippen LogP contribution in [0.4, 0.5) is 0 Å². The Morgan fingerprint density at radius 1 is 0.294 bits per heavy atom. The molecule has 205 valence electrons. The summed E-state index contributed by atoms with van der Waals surface area (Å²) in [5.41, 5.74) is 0. The number of hydrogen-bond donors (Lipinski definition) is 0. The zero-order valence-electron chi connectivity index (χ0n) is 21.1. The lowest BCUT2D eigenvalue weighted by Gasteiger charge is -2.15. The van der Waals surface area contributed by atoms with Crippen LogP contribution in [0.1, 0.15) is 0 Å². The van der Waals surface area contributed by atoms with Gasteiger partial charge in [0.05, 0.1) is 119 Å². The van der Waals surface area contributed by atoms with Gasteiger partial charge in [0.2, 0.25) is 0 Å². The Bertz CT molecular complexity index is 318. The van der Waals surface area contributed by atoms with Gasteiger partial charge in [-0.25, -0.2) is 0 Å². The second-order valence-electron chi connectivity index (χ2n) is 6.45. The van der Waals surface area contributed by atoms with E-state index < -0.39 is 9.53 Å². The van der Waals surface area contributed by atoms with Gasteiger partial charge in [-0.05, 0) is 0 Å². The zero-order valence-corrected chi connectivity index (χ0v) is 22.1. The first-order chi connectivity index (χ1) is 16.8. The molecule has 0 atom stereocenters. The van der Waals surface area contributed by atoms with Gasteiger partial charge in [-0.3, -0.25) is 0 Å². The van der Waals surface area contributed by atoms with Crippen LogP contribution in [0.15, 0.2) is 0 Å². The molecule has 0 saturated heterocycles. The van der Waals surface area contributed by atoms with E-state index in [9.17, 15) is 0 Å². The molecule has 0 unspecified atom stereocenters. The summed E-state index contributed by atoms with van der Waals surface area (Å²) in [4.78, 5) is 0. The van der Waals surface area contributed by atoms with Gasteiger partial charge in [-0.2, -0.15) is 0 Å². The molecule has 0 aromatic rings. The first-order valence-electron chi connectivity index (χ1n) is 11.5. The number of methoxy groups -OCH3 is 3. The molecular weight excluding hydrogens is 472 g/mol. The third-order valence-electron chi connectivity index (χ3n) is 3.75. The van der Waals surface area contributed by atoms with Crippen molar-refractivity contribution in [1.29, 1.82) is 0 Å². The van der Waals surface area contributed by atoms with Crippen molar-refractivity contribution >= 4 is 9.53 Å². The monoisotopic (exact) mass is 517 g/mol. The molecule has 0 saturated carbocycles. The van der Waals surface area contributed by atoms with Crippen molar-refractivity contribution in [2.75, 3.05) is 140 Å². The summed E-state index contributed by atoms with van der Waals surface area (Å²) in [6.45, 7) is 8.64. The lowest BCUT2D eigenvalue weighted by Crippen LogP contribution is -2.32. The number of ether oxygens (including phenoxy) is 9. The van der Waals surface area contributed by atoms with Gasteiger partial charge < -0.3 is 55.9 Å². The number of rotatable bonds is 30. The molecular formula is C21H45O12Si. The van der Waals surface area contributed by atoms with E-state index in [2.05, 4.69) is 0 Å². The normalized spacial score (nSPS) is 11.6. The van der Waals surface area contributed by atoms with Gasteiger partial charge in [0, 0.05) is 21.3 Å². The van der Waals surface area contributed by atoms with E-state index in [4.69, 9.17) is 55.9 Å². The minimum atomic E-state index is -1.94. The van der Waals surface area contributed by atoms with E-state index in [1.165, 1.54) is 0 Å². The molecule has 0 N–H and O–H groups in total. The molecule has 0 rings (SSSR count). The van der Waals surface area contributed by atoms with Crippen molar-refractivity contribution in [2.24, 2.45) is 0 Å². The van der Waals surface area contributed by atoms with Crippen molar-refractivity contribution in [3.05, 3.63) is 0 Å². The Hall–Kier alpha value is -0.263. The van der Waals surface area contributed by atoms with Crippen LogP contribution in [0.3, 0.4) is 0 Å². The molecule has 0 amide bonds. The number of hydrogen-bond acceptors (Lipinski definition) is 12. The Morgan fingerprint density at radius 3 is 0.735 bits per heavy atom. The smallest absolute Gasteiger partial charge is 0.382 e. The van der Waals surface area contributed by atoms with Gasteiger partial charge in [0.25, 0.3) is 0 Å². The molecule has 1 radical (unpaired) electrons. The fourth-order valence-corrected chi connectivity index (χ4v) is 3.07. The summed E-state index contributed by atoms with van der Waals surface area (Å²) in [6.07, 6.45) is 0. The molecule has 12 nitrogen and oxygen atoms in total. The van der Waals surface area contributed by atoms with Crippen molar-refractivity contribution < 1.29 is 55.9 Å². The van der Waals surface area contributed by atoms with Crippen LogP contribution in [-0.2, 0) is 55.9 Å². The SMILES string of the molecule is COCCOCCOCCO[Si](OCCOCCOCCOC)OCCOCCOCCOC. The van der Waals surface area contributed by atoms with E-state index in [-0.39, 0.29) is 0 Å². The van der Waals surface area contributed by atoms with Crippen molar-refractivity contribution in [2.45, 2.75) is 0 Å². The van der Waals surface area contributed by atoms with Gasteiger partial charge in [0.1, 0.15) is 0 Å². The Kier molecular flexibility index (Phi) is 30.5. The summed E-state index contributed by atoms with van der Waals surface area (Å²) in [5, 5.41) is 0. The van der Waals surface area contributed by atoms with Crippen LogP contribution >= 0.6 is 0 Å². The van der Waals surface area contributed by atoms with Crippen molar-refractivity contribution in [3.8, 4) is 0 Å². The highest BCUT2D eigenvalue weighted by atomic mass is 28.3. The molecule has 0 heterocycles. The van der Waals surface area contributed by atoms with Gasteiger partial charge in [-0.1, -0.05) is 0 Å². The molecule has 0 aliphatic carbocycles. The predicted octanol–water partition coefficient (Wildman–Crippen LogP) is 0.0599. The molecule has 34 heavy (non-hydrogen) atoms. The molecule has 0 aromatic heterocycles. The van der Waals surface area contributed by atoms with Gasteiger partial charge >= 0.3 is 9.53 Å². The first kappa shape index (κ1) is 33.7. The molecule has 0 aromatic carbocycles. The molecule has 0 spiro atoms. The zero-order chi connectivity index (χ0) is 24.8. The molecule has 0 bridgehead atoms. The maximum Gasteiger partial charge on any atom is 0.578 e. The average Bonchev–Trinajstić information content (AvgIpc) is 2.85. The third-order valence-corrected chi connectivity index (χ3v) is 5.07. The molecule has 0 fully saturated rings. The minimum absolute atomic E-state index is 0.356. The van der Waals surface area contributed by atoms with Crippen LogP contribution in [0.25, 0.3) is 0 Å². The summed E-state index contributed by atoms with van der Waals surface area (Å²) >= 11 is 0. The van der Waals surface area contributed by atoms with E-state index in [0.717, 1.165) is 0 Å². The van der Waals surface area contributed by atoms with Crippen molar-refractivity contribution in [3.63, 3.8) is 0 Å². The quantitative estimate of drug-likeness (QED) is 0.0949. The van der Waals surface area contributed by atoms with Crippen LogP contribution < -0.4 is 0 Å². The summed E-state index contributed by atoms with van der Waals surface area (Å²) < 4.78 is 64.3. The van der Waals surface area contributed by atoms with E-state index in [1.54, 1.807) is 21.3 Å². The standard InChI is InChI=1S/C21H45O12Si/c1-22-4-7-25-10-13-28-16-19-31-34(32-20-17-29-14-11-26-8-5-23-2)33-21-18-30-15-12-27-9-6-24-3/h4-21H2,1-3H3. The molecule has 0 aliphatic heterocycles. The maximum absolute atomic E-state index is 5.71. The Morgan fingerprint density at radius 2 is 0.500 bits per heavy atom. The first-order valence-corrected chi connectivity index (χ1v) is 12.8. The predicted molar refractivity (Wildman–Crippen MR) is 124 cm³/mol. The highest BCUT2D eigenvalue weighted by Crippen LogP contribution is 1.95. The molecule has 0 aliphatic rings. The Labute approximate surface area is 206 Å². The fourth-order valence-electron chi connectivity index (χ4n) is 2.07. The van der Waals surface area contributed by atoms with Crippen LogP contribution in [0.5, 0.6) is 0 Å². The van der Waals surface area contributed by atoms with E-state index in [1.807, 2.05) is 0 Å². The summed E-state index contributed by atoms with van der Waals surface area (Å²) in [6, 6.07) is 0. The summed E-state index contributed by atoms with van der Waals surface area (Å²) in [7, 11) is 2.97. The van der Waals surface area contributed by atoms with Gasteiger partial charge in [0.15, 0.2) is 0 Å². The van der Waals surface area contributed by atoms with Crippen LogP contribution in [0, 0.1) is 0 Å². The average molecular weight is 518 g/mol. The highest BCUT2D eigenvalue weighted by molar-refractivity contribution is 6.36. The van der Waals surface area contributed by atoms with Crippen molar-refractivity contribution in [1.82, 2.24) is 0 Å². The molecule has 13 heteroatoms. The van der Waals surface area contributed by atoms with E-state index in [0.29, 0.717) is 119 Å². The van der Waals surface area contributed by atoms with Gasteiger partial charge in [-0.15, -0.1) is 0 Å². The van der Waals surface area contributed by atoms with Crippen LogP contribution in [0.2, 0.25) is 0 Å². The third kappa shape index (κ3) is 28.0. The summed E-state index contributed by atoms with van der Waals surface area (Å²) in [5.74, 6) is 0. The van der Waals surface area contributed by atoms with E-state index >= 15 is 0 Å². The highest BCUT2D eigenvalue weighted by Gasteiger charge is 2.19. The second-order valence-corrected chi connectivity index (χ2v) is 7.81. The Balaban J connectivity index is 3.85. The minimum Gasteiger partial charge on any atom is -0.382 e. The lowest BCUT2D eigenvalue weighted by molar-refractivity contribution is -0.00947.